The van der Waals surface area contributed by atoms with Crippen LogP contribution in [0.5, 0.6) is 5.75 Å². The van der Waals surface area contributed by atoms with Crippen LogP contribution in [0.1, 0.15) is 36.5 Å². The predicted octanol–water partition coefficient (Wildman–Crippen LogP) is 5.54. The average molecular weight is 674 g/mol. The number of benzene rings is 3. The fraction of sp³-hybridized carbons (Fsp3) is 0.375. The Kier molecular flexibility index (Phi) is 9.31. The lowest BCUT2D eigenvalue weighted by Gasteiger charge is -2.32. The van der Waals surface area contributed by atoms with Gasteiger partial charge in [-0.1, -0.05) is 11.6 Å². The quantitative estimate of drug-likeness (QED) is 0.199. The minimum absolute atomic E-state index is 0.111. The molecule has 1 aliphatic heterocycles. The standard InChI is InChI=1S/C32H34ClF2N5O5S/c1-44-12-11-40-9-7-21(8-10-40)37-32-36-17-19-13-18(14-27(45-2)31(19)38-32)29-24(34)4-5-25(30(29)35)39-46(42,43)28-16-20(33)15-23-22(28)3-6-26(23)41/h4-5,13-17,21,26,39,41H,3,6-12H2,1-2H3,(H,36,37,38). The molecule has 0 saturated carbocycles. The lowest BCUT2D eigenvalue weighted by Crippen LogP contribution is -2.40. The summed E-state index contributed by atoms with van der Waals surface area (Å²) in [5.74, 6) is -1.32. The maximum absolute atomic E-state index is 16.0. The van der Waals surface area contributed by atoms with E-state index in [1.54, 1.807) is 13.3 Å². The van der Waals surface area contributed by atoms with E-state index in [0.717, 1.165) is 44.6 Å². The fourth-order valence-corrected chi connectivity index (χ4v) is 7.83. The second kappa shape index (κ2) is 13.2. The number of sulfonamides is 1. The lowest BCUT2D eigenvalue weighted by molar-refractivity contribution is 0.132. The zero-order chi connectivity index (χ0) is 32.6. The van der Waals surface area contributed by atoms with Gasteiger partial charge in [-0.15, -0.1) is 0 Å². The molecule has 1 atom stereocenters. The smallest absolute Gasteiger partial charge is 0.262 e. The zero-order valence-corrected chi connectivity index (χ0v) is 26.9. The van der Waals surface area contributed by atoms with E-state index in [9.17, 15) is 13.5 Å². The molecule has 3 N–H and O–H groups in total. The van der Waals surface area contributed by atoms with Gasteiger partial charge in [0.15, 0.2) is 5.82 Å². The van der Waals surface area contributed by atoms with E-state index in [2.05, 4.69) is 24.9 Å². The van der Waals surface area contributed by atoms with Crippen LogP contribution in [0.15, 0.2) is 47.5 Å². The van der Waals surface area contributed by atoms with E-state index in [1.165, 1.54) is 31.4 Å². The van der Waals surface area contributed by atoms with E-state index in [0.29, 0.717) is 47.4 Å². The van der Waals surface area contributed by atoms with Crippen LogP contribution in [0.3, 0.4) is 0 Å². The topological polar surface area (TPSA) is 126 Å². The van der Waals surface area contributed by atoms with Crippen LogP contribution < -0.4 is 14.8 Å². The Balaban J connectivity index is 1.28. The van der Waals surface area contributed by atoms with Crippen molar-refractivity contribution in [2.75, 3.05) is 50.5 Å². The van der Waals surface area contributed by atoms with Crippen molar-refractivity contribution in [3.63, 3.8) is 0 Å². The minimum atomic E-state index is -4.36. The molecule has 14 heteroatoms. The van der Waals surface area contributed by atoms with Crippen LogP contribution in [0.4, 0.5) is 20.4 Å². The number of ether oxygens (including phenoxy) is 2. The molecule has 2 heterocycles. The van der Waals surface area contributed by atoms with E-state index < -0.39 is 39.0 Å². The second-order valence-electron chi connectivity index (χ2n) is 11.5. The Morgan fingerprint density at radius 3 is 2.63 bits per heavy atom. The molecule has 0 amide bonds. The van der Waals surface area contributed by atoms with Gasteiger partial charge in [0, 0.05) is 49.4 Å². The Morgan fingerprint density at radius 1 is 1.11 bits per heavy atom. The molecule has 46 heavy (non-hydrogen) atoms. The molecule has 4 aromatic rings. The first-order valence-electron chi connectivity index (χ1n) is 14.9. The summed E-state index contributed by atoms with van der Waals surface area (Å²) in [5, 5.41) is 14.2. The Bertz CT molecular complexity index is 1890. The summed E-state index contributed by atoms with van der Waals surface area (Å²) in [6, 6.07) is 7.96. The van der Waals surface area contributed by atoms with Crippen molar-refractivity contribution in [1.82, 2.24) is 14.9 Å². The summed E-state index contributed by atoms with van der Waals surface area (Å²) >= 11 is 6.16. The van der Waals surface area contributed by atoms with Crippen molar-refractivity contribution in [1.29, 1.82) is 0 Å². The Labute approximate surface area is 270 Å². The van der Waals surface area contributed by atoms with Gasteiger partial charge in [-0.25, -0.2) is 27.2 Å². The van der Waals surface area contributed by atoms with Crippen LogP contribution >= 0.6 is 11.6 Å². The van der Waals surface area contributed by atoms with Crippen LogP contribution in [0.25, 0.3) is 22.0 Å². The molecule has 244 valence electrons. The number of rotatable bonds is 10. The molecule has 1 aromatic heterocycles. The highest BCUT2D eigenvalue weighted by Gasteiger charge is 2.30. The number of aliphatic hydroxyl groups is 1. The number of likely N-dealkylation sites (tertiary alicyclic amines) is 1. The number of halogens is 3. The van der Waals surface area contributed by atoms with E-state index in [1.807, 2.05) is 0 Å². The largest absolute Gasteiger partial charge is 0.494 e. The third-order valence-electron chi connectivity index (χ3n) is 8.55. The van der Waals surface area contributed by atoms with Gasteiger partial charge in [0.05, 0.1) is 36.0 Å². The highest BCUT2D eigenvalue weighted by molar-refractivity contribution is 7.92. The highest BCUT2D eigenvalue weighted by atomic mass is 35.5. The number of hydrogen-bond donors (Lipinski definition) is 3. The van der Waals surface area contributed by atoms with Crippen molar-refractivity contribution >= 4 is 44.2 Å². The number of hydrogen-bond acceptors (Lipinski definition) is 9. The number of nitrogens with zero attached hydrogens (tertiary/aromatic N) is 3. The van der Waals surface area contributed by atoms with Crippen molar-refractivity contribution in [2.24, 2.45) is 0 Å². The summed E-state index contributed by atoms with van der Waals surface area (Å²) in [5.41, 5.74) is 0.491. The van der Waals surface area contributed by atoms with Gasteiger partial charge in [0.2, 0.25) is 5.95 Å². The molecule has 1 saturated heterocycles. The molecule has 1 unspecified atom stereocenters. The van der Waals surface area contributed by atoms with Gasteiger partial charge in [-0.3, -0.25) is 4.72 Å². The van der Waals surface area contributed by atoms with Crippen LogP contribution in [0.2, 0.25) is 5.02 Å². The first kappa shape index (κ1) is 32.3. The predicted molar refractivity (Wildman–Crippen MR) is 172 cm³/mol. The molecular weight excluding hydrogens is 640 g/mol. The molecule has 10 nitrogen and oxygen atoms in total. The number of aromatic nitrogens is 2. The van der Waals surface area contributed by atoms with Crippen molar-refractivity contribution in [3.05, 3.63) is 70.4 Å². The van der Waals surface area contributed by atoms with Gasteiger partial charge in [-0.2, -0.15) is 0 Å². The summed E-state index contributed by atoms with van der Waals surface area (Å²) < 4.78 is 71.2. The van der Waals surface area contributed by atoms with Gasteiger partial charge in [0.25, 0.3) is 10.0 Å². The number of fused-ring (bicyclic) bond motifs is 2. The molecule has 6 rings (SSSR count). The van der Waals surface area contributed by atoms with E-state index >= 15 is 8.78 Å². The highest BCUT2D eigenvalue weighted by Crippen LogP contribution is 2.40. The lowest BCUT2D eigenvalue weighted by atomic mass is 10.0. The molecule has 0 spiro atoms. The summed E-state index contributed by atoms with van der Waals surface area (Å²) in [6.45, 7) is 3.44. The van der Waals surface area contributed by atoms with Crippen molar-refractivity contribution < 1.29 is 31.8 Å². The van der Waals surface area contributed by atoms with Crippen LogP contribution in [-0.4, -0.2) is 74.9 Å². The maximum atomic E-state index is 16.0. The summed E-state index contributed by atoms with van der Waals surface area (Å²) in [7, 11) is -1.23. The minimum Gasteiger partial charge on any atom is -0.494 e. The molecule has 1 aliphatic carbocycles. The molecule has 0 radical (unpaired) electrons. The number of methoxy groups -OCH3 is 2. The number of aliphatic hydroxyl groups excluding tert-OH is 1. The molecule has 3 aromatic carbocycles. The third-order valence-corrected chi connectivity index (χ3v) is 10.2. The average Bonchev–Trinajstić information content (AvgIpc) is 3.41. The Morgan fingerprint density at radius 2 is 1.89 bits per heavy atom. The van der Waals surface area contributed by atoms with E-state index in [4.69, 9.17) is 21.1 Å². The normalized spacial score (nSPS) is 17.3. The van der Waals surface area contributed by atoms with Crippen molar-refractivity contribution in [3.8, 4) is 16.9 Å². The van der Waals surface area contributed by atoms with Crippen molar-refractivity contribution in [2.45, 2.75) is 42.7 Å². The fourth-order valence-electron chi connectivity index (χ4n) is 6.16. The Hall–Kier alpha value is -3.62. The molecule has 1 fully saturated rings. The van der Waals surface area contributed by atoms with Gasteiger partial charge >= 0.3 is 0 Å². The zero-order valence-electron chi connectivity index (χ0n) is 25.3. The first-order chi connectivity index (χ1) is 22.1. The van der Waals surface area contributed by atoms with E-state index in [-0.39, 0.29) is 27.3 Å². The second-order valence-corrected chi connectivity index (χ2v) is 13.6. The molecular formula is C32H34ClF2N5O5S. The number of piperidine rings is 1. The first-order valence-corrected chi connectivity index (χ1v) is 16.8. The monoisotopic (exact) mass is 673 g/mol. The number of anilines is 2. The molecule has 0 bridgehead atoms. The van der Waals surface area contributed by atoms with Crippen LogP contribution in [0, 0.1) is 11.6 Å². The summed E-state index contributed by atoms with van der Waals surface area (Å²) in [4.78, 5) is 11.3. The SMILES string of the molecule is COCCN1CCC(Nc2ncc3cc(-c4c(F)ccc(NS(=O)(=O)c5cc(Cl)cc6c5CCC6O)c4F)cc(OC)c3n2)CC1. The third kappa shape index (κ3) is 6.47. The van der Waals surface area contributed by atoms with Gasteiger partial charge in [0.1, 0.15) is 17.1 Å². The van der Waals surface area contributed by atoms with Gasteiger partial charge in [-0.05, 0) is 78.8 Å². The maximum Gasteiger partial charge on any atom is 0.262 e. The molecule has 2 aliphatic rings. The number of nitrogens with one attached hydrogen (secondary N) is 2. The van der Waals surface area contributed by atoms with Gasteiger partial charge < -0.3 is 24.8 Å². The summed E-state index contributed by atoms with van der Waals surface area (Å²) in [6.07, 6.45) is 3.20. The van der Waals surface area contributed by atoms with Crippen LogP contribution in [-0.2, 0) is 21.2 Å².